The van der Waals surface area contributed by atoms with E-state index in [2.05, 4.69) is 14.9 Å². The summed E-state index contributed by atoms with van der Waals surface area (Å²) < 4.78 is 28.2. The zero-order valence-corrected chi connectivity index (χ0v) is 13.8. The van der Waals surface area contributed by atoms with Gasteiger partial charge in [-0.05, 0) is 11.1 Å². The van der Waals surface area contributed by atoms with Crippen LogP contribution in [0.3, 0.4) is 0 Å². The van der Waals surface area contributed by atoms with Gasteiger partial charge >= 0.3 is 0 Å². The molecule has 1 aliphatic heterocycles. The minimum Gasteiger partial charge on any atom is -0.480 e. The van der Waals surface area contributed by atoms with E-state index in [0.29, 0.717) is 19.0 Å². The Morgan fingerprint density at radius 2 is 1.87 bits per heavy atom. The topological polar surface area (TPSA) is 72.4 Å². The van der Waals surface area contributed by atoms with Gasteiger partial charge < -0.3 is 4.74 Å². The highest BCUT2D eigenvalue weighted by molar-refractivity contribution is 7.91. The molecule has 6 nitrogen and oxygen atoms in total. The molecule has 0 bridgehead atoms. The van der Waals surface area contributed by atoms with Crippen molar-refractivity contribution in [1.82, 2.24) is 14.9 Å². The Hall–Kier alpha value is -1.99. The van der Waals surface area contributed by atoms with E-state index in [9.17, 15) is 8.42 Å². The Morgan fingerprint density at radius 3 is 2.52 bits per heavy atom. The summed E-state index contributed by atoms with van der Waals surface area (Å²) in [6, 6.07) is 8.12. The Labute approximate surface area is 136 Å². The largest absolute Gasteiger partial charge is 0.480 e. The molecule has 3 rings (SSSR count). The summed E-state index contributed by atoms with van der Waals surface area (Å²) in [7, 11) is -1.24. The molecule has 2 aromatic rings. The van der Waals surface area contributed by atoms with E-state index in [-0.39, 0.29) is 11.5 Å². The quantitative estimate of drug-likeness (QED) is 0.842. The van der Waals surface area contributed by atoms with Crippen molar-refractivity contribution in [3.63, 3.8) is 0 Å². The van der Waals surface area contributed by atoms with Crippen LogP contribution in [0, 0.1) is 0 Å². The first kappa shape index (κ1) is 15.9. The third-order valence-electron chi connectivity index (χ3n) is 3.98. The Balaban J connectivity index is 1.70. The molecule has 0 aliphatic carbocycles. The molecule has 1 saturated heterocycles. The van der Waals surface area contributed by atoms with Crippen LogP contribution in [0.5, 0.6) is 5.88 Å². The summed E-state index contributed by atoms with van der Waals surface area (Å²) in [4.78, 5) is 10.3. The maximum absolute atomic E-state index is 11.5. The van der Waals surface area contributed by atoms with Gasteiger partial charge in [0.2, 0.25) is 5.88 Å². The standard InChI is InChI=1S/C16H19N3O3S/c1-22-16-15(10-17-12-18-16)14-4-2-13(3-5-14)11-19-6-8-23(20,21)9-7-19/h2-5,10,12H,6-9,11H2,1H3. The molecule has 23 heavy (non-hydrogen) atoms. The summed E-state index contributed by atoms with van der Waals surface area (Å²) in [5, 5.41) is 0. The third-order valence-corrected chi connectivity index (χ3v) is 5.59. The monoisotopic (exact) mass is 333 g/mol. The van der Waals surface area contributed by atoms with Crippen LogP contribution in [0.15, 0.2) is 36.8 Å². The van der Waals surface area contributed by atoms with E-state index in [4.69, 9.17) is 4.74 Å². The summed E-state index contributed by atoms with van der Waals surface area (Å²) in [6.07, 6.45) is 3.19. The van der Waals surface area contributed by atoms with Gasteiger partial charge in [-0.15, -0.1) is 0 Å². The zero-order chi connectivity index (χ0) is 16.3. The van der Waals surface area contributed by atoms with Crippen LogP contribution in [0.4, 0.5) is 0 Å². The minimum absolute atomic E-state index is 0.254. The highest BCUT2D eigenvalue weighted by Crippen LogP contribution is 2.27. The molecule has 0 saturated carbocycles. The van der Waals surface area contributed by atoms with Crippen LogP contribution in [0.1, 0.15) is 5.56 Å². The first-order valence-electron chi connectivity index (χ1n) is 7.43. The number of hydrogen-bond donors (Lipinski definition) is 0. The van der Waals surface area contributed by atoms with Crippen LogP contribution < -0.4 is 4.74 Å². The molecular weight excluding hydrogens is 314 g/mol. The Kier molecular flexibility index (Phi) is 4.58. The minimum atomic E-state index is -2.83. The zero-order valence-electron chi connectivity index (χ0n) is 13.0. The van der Waals surface area contributed by atoms with Gasteiger partial charge in [0, 0.05) is 25.8 Å². The van der Waals surface area contributed by atoms with Crippen LogP contribution >= 0.6 is 0 Å². The normalized spacial score (nSPS) is 17.8. The van der Waals surface area contributed by atoms with Crippen molar-refractivity contribution in [3.8, 4) is 17.0 Å². The van der Waals surface area contributed by atoms with Crippen LogP contribution in [-0.2, 0) is 16.4 Å². The number of nitrogens with zero attached hydrogens (tertiary/aromatic N) is 3. The average molecular weight is 333 g/mol. The predicted octanol–water partition coefficient (Wildman–Crippen LogP) is 1.38. The van der Waals surface area contributed by atoms with Gasteiger partial charge in [-0.3, -0.25) is 4.90 Å². The number of ether oxygens (including phenoxy) is 1. The number of benzene rings is 1. The highest BCUT2D eigenvalue weighted by atomic mass is 32.2. The molecule has 0 radical (unpaired) electrons. The van der Waals surface area contributed by atoms with Crippen LogP contribution in [0.2, 0.25) is 0 Å². The lowest BCUT2D eigenvalue weighted by Gasteiger charge is -2.26. The van der Waals surface area contributed by atoms with Gasteiger partial charge in [-0.2, -0.15) is 0 Å². The molecule has 122 valence electrons. The first-order valence-corrected chi connectivity index (χ1v) is 9.25. The van der Waals surface area contributed by atoms with Gasteiger partial charge in [0.05, 0.1) is 24.2 Å². The lowest BCUT2D eigenvalue weighted by atomic mass is 10.1. The van der Waals surface area contributed by atoms with E-state index < -0.39 is 9.84 Å². The fourth-order valence-electron chi connectivity index (χ4n) is 2.64. The van der Waals surface area contributed by atoms with E-state index >= 15 is 0 Å². The van der Waals surface area contributed by atoms with Crippen molar-refractivity contribution in [2.75, 3.05) is 31.7 Å². The third kappa shape index (κ3) is 3.86. The maximum atomic E-state index is 11.5. The molecule has 1 aliphatic rings. The van der Waals surface area contributed by atoms with E-state index in [1.54, 1.807) is 13.3 Å². The van der Waals surface area contributed by atoms with E-state index in [1.165, 1.54) is 6.33 Å². The highest BCUT2D eigenvalue weighted by Gasteiger charge is 2.21. The summed E-state index contributed by atoms with van der Waals surface area (Å²) >= 11 is 0. The molecule has 1 aromatic heterocycles. The molecule has 0 unspecified atom stereocenters. The van der Waals surface area contributed by atoms with Crippen molar-refractivity contribution in [2.24, 2.45) is 0 Å². The molecule has 1 aromatic carbocycles. The van der Waals surface area contributed by atoms with Crippen molar-refractivity contribution < 1.29 is 13.2 Å². The smallest absolute Gasteiger partial charge is 0.224 e. The molecule has 0 N–H and O–H groups in total. The Morgan fingerprint density at radius 1 is 1.17 bits per heavy atom. The molecule has 2 heterocycles. The molecule has 7 heteroatoms. The summed E-state index contributed by atoms with van der Waals surface area (Å²) in [5.41, 5.74) is 3.00. The van der Waals surface area contributed by atoms with Crippen molar-refractivity contribution in [1.29, 1.82) is 0 Å². The fraction of sp³-hybridized carbons (Fsp3) is 0.375. The van der Waals surface area contributed by atoms with Gasteiger partial charge in [0.25, 0.3) is 0 Å². The van der Waals surface area contributed by atoms with Gasteiger partial charge in [-0.25, -0.2) is 18.4 Å². The second-order valence-electron chi connectivity index (χ2n) is 5.57. The van der Waals surface area contributed by atoms with E-state index in [0.717, 1.165) is 23.2 Å². The van der Waals surface area contributed by atoms with Crippen LogP contribution in [0.25, 0.3) is 11.1 Å². The van der Waals surface area contributed by atoms with Gasteiger partial charge in [0.15, 0.2) is 9.84 Å². The molecule has 0 amide bonds. The number of methoxy groups -OCH3 is 1. The first-order chi connectivity index (χ1) is 11.1. The number of hydrogen-bond acceptors (Lipinski definition) is 6. The Bertz CT molecular complexity index is 761. The number of aromatic nitrogens is 2. The fourth-order valence-corrected chi connectivity index (χ4v) is 3.91. The maximum Gasteiger partial charge on any atom is 0.224 e. The average Bonchev–Trinajstić information content (AvgIpc) is 2.57. The molecular formula is C16H19N3O3S. The second-order valence-corrected chi connectivity index (χ2v) is 7.87. The van der Waals surface area contributed by atoms with E-state index in [1.807, 2.05) is 24.3 Å². The van der Waals surface area contributed by atoms with Gasteiger partial charge in [-0.1, -0.05) is 24.3 Å². The van der Waals surface area contributed by atoms with Crippen molar-refractivity contribution in [3.05, 3.63) is 42.4 Å². The lowest BCUT2D eigenvalue weighted by molar-refractivity contribution is 0.287. The SMILES string of the molecule is COc1ncncc1-c1ccc(CN2CCS(=O)(=O)CC2)cc1. The second kappa shape index (κ2) is 6.64. The van der Waals surface area contributed by atoms with Gasteiger partial charge in [0.1, 0.15) is 6.33 Å². The summed E-state index contributed by atoms with van der Waals surface area (Å²) in [5.74, 6) is 1.06. The molecule has 0 spiro atoms. The number of rotatable bonds is 4. The molecule has 1 fully saturated rings. The summed E-state index contributed by atoms with van der Waals surface area (Å²) in [6.45, 7) is 1.97. The van der Waals surface area contributed by atoms with Crippen LogP contribution in [-0.4, -0.2) is 55.0 Å². The van der Waals surface area contributed by atoms with Crippen molar-refractivity contribution >= 4 is 9.84 Å². The molecule has 0 atom stereocenters. The van der Waals surface area contributed by atoms with Crippen molar-refractivity contribution in [2.45, 2.75) is 6.54 Å². The lowest BCUT2D eigenvalue weighted by Crippen LogP contribution is -2.39. The number of sulfone groups is 1. The predicted molar refractivity (Wildman–Crippen MR) is 88.0 cm³/mol.